The van der Waals surface area contributed by atoms with E-state index in [0.29, 0.717) is 5.56 Å². The van der Waals surface area contributed by atoms with Crippen molar-refractivity contribution in [2.45, 2.75) is 37.1 Å². The summed E-state index contributed by atoms with van der Waals surface area (Å²) in [5, 5.41) is 47.5. The lowest BCUT2D eigenvalue weighted by Crippen LogP contribution is -2.55. The van der Waals surface area contributed by atoms with Crippen molar-refractivity contribution in [3.8, 4) is 11.5 Å². The van der Waals surface area contributed by atoms with Gasteiger partial charge in [0.2, 0.25) is 0 Å². The lowest BCUT2D eigenvalue weighted by Gasteiger charge is -2.37. The molecule has 0 bridgehead atoms. The zero-order chi connectivity index (χ0) is 17.9. The Balaban J connectivity index is 2.07. The Bertz CT molecular complexity index is 668. The van der Waals surface area contributed by atoms with Gasteiger partial charge in [0.05, 0.1) is 6.10 Å². The highest BCUT2D eigenvalue weighted by Gasteiger charge is 2.50. The van der Waals surface area contributed by atoms with Crippen molar-refractivity contribution in [1.82, 2.24) is 0 Å². The van der Waals surface area contributed by atoms with E-state index >= 15 is 0 Å². The van der Waals surface area contributed by atoms with Crippen LogP contribution in [0.3, 0.4) is 0 Å². The van der Waals surface area contributed by atoms with Crippen molar-refractivity contribution < 1.29 is 39.9 Å². The Morgan fingerprint density at radius 1 is 1.25 bits per heavy atom. The molecule has 8 nitrogen and oxygen atoms in total. The van der Waals surface area contributed by atoms with E-state index in [0.717, 1.165) is 6.08 Å². The van der Waals surface area contributed by atoms with Crippen LogP contribution >= 0.6 is 0 Å². The van der Waals surface area contributed by atoms with Crippen LogP contribution in [0, 0.1) is 0 Å². The van der Waals surface area contributed by atoms with Gasteiger partial charge in [0.15, 0.2) is 17.1 Å². The molecule has 1 saturated carbocycles. The molecular weight excluding hydrogens is 320 g/mol. The molecule has 0 aliphatic heterocycles. The number of benzene rings is 1. The zero-order valence-electron chi connectivity index (χ0n) is 12.6. The molecule has 0 radical (unpaired) electrons. The Morgan fingerprint density at radius 3 is 2.58 bits per heavy atom. The molecule has 1 aromatic rings. The predicted molar refractivity (Wildman–Crippen MR) is 81.1 cm³/mol. The molecular formula is C16H18O8. The molecule has 0 amide bonds. The first-order valence-electron chi connectivity index (χ1n) is 7.27. The van der Waals surface area contributed by atoms with Gasteiger partial charge >= 0.3 is 11.9 Å². The first kappa shape index (κ1) is 17.8. The normalized spacial score (nSPS) is 27.1. The first-order chi connectivity index (χ1) is 11.2. The van der Waals surface area contributed by atoms with Crippen molar-refractivity contribution in [1.29, 1.82) is 0 Å². The van der Waals surface area contributed by atoms with Crippen LogP contribution in [0.15, 0.2) is 24.3 Å². The van der Waals surface area contributed by atoms with Crippen LogP contribution in [-0.2, 0) is 14.3 Å². The molecule has 8 heteroatoms. The van der Waals surface area contributed by atoms with Gasteiger partial charge in [-0.2, -0.15) is 0 Å². The van der Waals surface area contributed by atoms with Crippen LogP contribution < -0.4 is 0 Å². The van der Waals surface area contributed by atoms with Gasteiger partial charge in [-0.3, -0.25) is 0 Å². The highest BCUT2D eigenvalue weighted by atomic mass is 16.6. The Labute approximate surface area is 137 Å². The largest absolute Gasteiger partial charge is 0.504 e. The van der Waals surface area contributed by atoms with E-state index in [4.69, 9.17) is 9.84 Å². The van der Waals surface area contributed by atoms with Crippen molar-refractivity contribution in [2.75, 3.05) is 0 Å². The topological polar surface area (TPSA) is 145 Å². The fraction of sp³-hybridized carbons (Fsp3) is 0.375. The Morgan fingerprint density at radius 2 is 1.96 bits per heavy atom. The number of phenols is 2. The molecule has 5 N–H and O–H groups in total. The third kappa shape index (κ3) is 3.84. The fourth-order valence-electron chi connectivity index (χ4n) is 2.49. The number of ether oxygens (including phenoxy) is 1. The molecule has 0 heterocycles. The molecule has 3 atom stereocenters. The number of carboxylic acids is 1. The lowest BCUT2D eigenvalue weighted by atomic mass is 9.80. The van der Waals surface area contributed by atoms with E-state index < -0.39 is 29.7 Å². The molecule has 3 unspecified atom stereocenters. The minimum absolute atomic E-state index is 0.0967. The average Bonchev–Trinajstić information content (AvgIpc) is 2.52. The second kappa shape index (κ2) is 6.90. The third-order valence-electron chi connectivity index (χ3n) is 3.92. The summed E-state index contributed by atoms with van der Waals surface area (Å²) < 4.78 is 4.99. The number of aliphatic hydroxyl groups excluding tert-OH is 1. The van der Waals surface area contributed by atoms with Crippen molar-refractivity contribution >= 4 is 18.0 Å². The standard InChI is InChI=1S/C16H18O8/c17-10-5-6-16(23,15(21)22)13(8-10)24-14(20)4-2-9-1-3-11(18)12(19)7-9/h1-4,7,10,13,17-19,23H,5-6,8H2,(H,21,22). The zero-order valence-corrected chi connectivity index (χ0v) is 12.6. The third-order valence-corrected chi connectivity index (χ3v) is 3.92. The summed E-state index contributed by atoms with van der Waals surface area (Å²) in [7, 11) is 0. The van der Waals surface area contributed by atoms with E-state index in [9.17, 15) is 30.0 Å². The average molecular weight is 338 g/mol. The molecule has 0 aromatic heterocycles. The SMILES string of the molecule is O=C(C=Cc1ccc(O)c(O)c1)OC1CC(O)CCC1(O)C(=O)O. The fourth-order valence-corrected chi connectivity index (χ4v) is 2.49. The maximum atomic E-state index is 11.8. The van der Waals surface area contributed by atoms with E-state index in [2.05, 4.69) is 0 Å². The molecule has 1 aromatic carbocycles. The first-order valence-corrected chi connectivity index (χ1v) is 7.27. The van der Waals surface area contributed by atoms with Gasteiger partial charge in [0.1, 0.15) is 6.10 Å². The van der Waals surface area contributed by atoms with Crippen molar-refractivity contribution in [3.63, 3.8) is 0 Å². The van der Waals surface area contributed by atoms with Gasteiger partial charge in [0.25, 0.3) is 0 Å². The van der Waals surface area contributed by atoms with Gasteiger partial charge in [0, 0.05) is 12.5 Å². The van der Waals surface area contributed by atoms with Gasteiger partial charge in [-0.15, -0.1) is 0 Å². The maximum absolute atomic E-state index is 11.8. The molecule has 130 valence electrons. The van der Waals surface area contributed by atoms with Gasteiger partial charge < -0.3 is 30.3 Å². The molecule has 1 aliphatic carbocycles. The Kier molecular flexibility index (Phi) is 5.10. The smallest absolute Gasteiger partial charge is 0.339 e. The van der Waals surface area contributed by atoms with E-state index in [1.807, 2.05) is 0 Å². The number of carboxylic acid groups (broad SMARTS) is 1. The number of aliphatic carboxylic acids is 1. The van der Waals surface area contributed by atoms with Crippen LogP contribution in [0.1, 0.15) is 24.8 Å². The van der Waals surface area contributed by atoms with Crippen LogP contribution in [0.25, 0.3) is 6.08 Å². The molecule has 0 spiro atoms. The highest BCUT2D eigenvalue weighted by molar-refractivity contribution is 5.88. The predicted octanol–water partition coefficient (Wildman–Crippen LogP) is 0.383. The van der Waals surface area contributed by atoms with Crippen LogP contribution in [0.5, 0.6) is 11.5 Å². The second-order valence-corrected chi connectivity index (χ2v) is 5.66. The summed E-state index contributed by atoms with van der Waals surface area (Å²) >= 11 is 0. The quantitative estimate of drug-likeness (QED) is 0.301. The summed E-state index contributed by atoms with van der Waals surface area (Å²) in [6, 6.07) is 3.90. The number of carbonyl (C=O) groups excluding carboxylic acids is 1. The van der Waals surface area contributed by atoms with E-state index in [1.165, 1.54) is 24.3 Å². The number of hydrogen-bond donors (Lipinski definition) is 5. The Hall–Kier alpha value is -2.58. The van der Waals surface area contributed by atoms with Gasteiger partial charge in [-0.05, 0) is 36.6 Å². The molecule has 1 fully saturated rings. The molecule has 24 heavy (non-hydrogen) atoms. The number of esters is 1. The van der Waals surface area contributed by atoms with Crippen molar-refractivity contribution in [2.24, 2.45) is 0 Å². The number of phenolic OH excluding ortho intramolecular Hbond substituents is 2. The summed E-state index contributed by atoms with van der Waals surface area (Å²) in [4.78, 5) is 23.1. The van der Waals surface area contributed by atoms with Gasteiger partial charge in [-0.1, -0.05) is 6.07 Å². The maximum Gasteiger partial charge on any atom is 0.339 e. The van der Waals surface area contributed by atoms with Crippen molar-refractivity contribution in [3.05, 3.63) is 29.8 Å². The number of rotatable bonds is 4. The highest BCUT2D eigenvalue weighted by Crippen LogP contribution is 2.32. The summed E-state index contributed by atoms with van der Waals surface area (Å²) in [5.74, 6) is -3.08. The number of aromatic hydroxyl groups is 2. The molecule has 0 saturated heterocycles. The summed E-state index contributed by atoms with van der Waals surface area (Å²) in [5.41, 5.74) is -1.83. The summed E-state index contributed by atoms with van der Waals surface area (Å²) in [6.45, 7) is 0. The summed E-state index contributed by atoms with van der Waals surface area (Å²) in [6.07, 6.45) is -0.251. The van der Waals surface area contributed by atoms with Crippen LogP contribution in [-0.4, -0.2) is 55.3 Å². The number of hydrogen-bond acceptors (Lipinski definition) is 7. The van der Waals surface area contributed by atoms with E-state index in [1.54, 1.807) is 0 Å². The minimum atomic E-state index is -2.24. The molecule has 2 rings (SSSR count). The van der Waals surface area contributed by atoms with E-state index in [-0.39, 0.29) is 30.8 Å². The number of aliphatic hydroxyl groups is 2. The van der Waals surface area contributed by atoms with Crippen LogP contribution in [0.2, 0.25) is 0 Å². The van der Waals surface area contributed by atoms with Gasteiger partial charge in [-0.25, -0.2) is 9.59 Å². The monoisotopic (exact) mass is 338 g/mol. The molecule has 1 aliphatic rings. The second-order valence-electron chi connectivity index (χ2n) is 5.66. The lowest BCUT2D eigenvalue weighted by molar-refractivity contribution is -0.192. The number of carbonyl (C=O) groups is 2. The minimum Gasteiger partial charge on any atom is -0.504 e. The van der Waals surface area contributed by atoms with Crippen LogP contribution in [0.4, 0.5) is 0 Å².